The monoisotopic (exact) mass is 168 g/mol. The summed E-state index contributed by atoms with van der Waals surface area (Å²) in [4.78, 5) is 0. The van der Waals surface area contributed by atoms with E-state index in [1.165, 1.54) is 32.1 Å². The minimum Gasteiger partial charge on any atom is -0.0625 e. The van der Waals surface area contributed by atoms with E-state index >= 15 is 0 Å². The van der Waals surface area contributed by atoms with Crippen molar-refractivity contribution in [2.45, 2.75) is 59.8 Å². The van der Waals surface area contributed by atoms with Crippen molar-refractivity contribution in [1.29, 1.82) is 0 Å². The lowest BCUT2D eigenvalue weighted by Gasteiger charge is -2.39. The van der Waals surface area contributed by atoms with Gasteiger partial charge in [-0.2, -0.15) is 0 Å². The molecule has 0 aromatic rings. The zero-order chi connectivity index (χ0) is 9.19. The molecule has 0 heterocycles. The number of hydrogen-bond acceptors (Lipinski definition) is 0. The van der Waals surface area contributed by atoms with E-state index in [1.54, 1.807) is 0 Å². The van der Waals surface area contributed by atoms with E-state index in [1.807, 2.05) is 0 Å². The van der Waals surface area contributed by atoms with Crippen molar-refractivity contribution in [3.05, 3.63) is 0 Å². The summed E-state index contributed by atoms with van der Waals surface area (Å²) in [6.07, 6.45) is 7.35. The quantitative estimate of drug-likeness (QED) is 0.588. The van der Waals surface area contributed by atoms with Crippen LogP contribution < -0.4 is 0 Å². The van der Waals surface area contributed by atoms with Gasteiger partial charge in [-0.3, -0.25) is 0 Å². The highest BCUT2D eigenvalue weighted by Crippen LogP contribution is 2.45. The first-order valence-corrected chi connectivity index (χ1v) is 5.53. The third-order valence-corrected chi connectivity index (χ3v) is 3.90. The van der Waals surface area contributed by atoms with Crippen LogP contribution in [0.2, 0.25) is 0 Å². The Morgan fingerprint density at radius 1 is 1.17 bits per heavy atom. The Labute approximate surface area is 77.7 Å². The van der Waals surface area contributed by atoms with Gasteiger partial charge < -0.3 is 0 Å². The lowest BCUT2D eigenvalue weighted by atomic mass is 9.66. The van der Waals surface area contributed by atoms with Crippen molar-refractivity contribution >= 4 is 0 Å². The molecule has 72 valence electrons. The normalized spacial score (nSPS) is 23.8. The van der Waals surface area contributed by atoms with E-state index in [-0.39, 0.29) is 0 Å². The van der Waals surface area contributed by atoms with Gasteiger partial charge in [-0.1, -0.05) is 34.1 Å². The van der Waals surface area contributed by atoms with Gasteiger partial charge in [-0.15, -0.1) is 0 Å². The predicted octanol–water partition coefficient (Wildman–Crippen LogP) is 4.25. The molecule has 0 N–H and O–H groups in total. The summed E-state index contributed by atoms with van der Waals surface area (Å²) in [6.45, 7) is 9.54. The molecule has 0 aromatic heterocycles. The Bertz CT molecular complexity index is 131. The van der Waals surface area contributed by atoms with Gasteiger partial charge in [0.15, 0.2) is 0 Å². The molecule has 12 heavy (non-hydrogen) atoms. The molecule has 0 spiro atoms. The Hall–Kier alpha value is 0. The average molecular weight is 168 g/mol. The SMILES string of the molecule is CC(C)C(C)CCC1(C)CCC1. The number of rotatable bonds is 4. The van der Waals surface area contributed by atoms with Crippen LogP contribution >= 0.6 is 0 Å². The highest BCUT2D eigenvalue weighted by molar-refractivity contribution is 4.83. The summed E-state index contributed by atoms with van der Waals surface area (Å²) in [5.74, 6) is 1.79. The second-order valence-corrected chi connectivity index (χ2v) is 5.42. The summed E-state index contributed by atoms with van der Waals surface area (Å²) in [5.41, 5.74) is 0.739. The van der Waals surface area contributed by atoms with Gasteiger partial charge in [0.05, 0.1) is 0 Å². The summed E-state index contributed by atoms with van der Waals surface area (Å²) < 4.78 is 0. The third-order valence-electron chi connectivity index (χ3n) is 3.90. The van der Waals surface area contributed by atoms with Crippen LogP contribution in [0.25, 0.3) is 0 Å². The topological polar surface area (TPSA) is 0 Å². The molecule has 0 bridgehead atoms. The zero-order valence-corrected chi connectivity index (χ0v) is 9.19. The minimum atomic E-state index is 0.739. The van der Waals surface area contributed by atoms with Crippen LogP contribution in [-0.4, -0.2) is 0 Å². The molecule has 1 saturated carbocycles. The largest absolute Gasteiger partial charge is 0.0625 e. The second-order valence-electron chi connectivity index (χ2n) is 5.42. The van der Waals surface area contributed by atoms with Gasteiger partial charge in [0.2, 0.25) is 0 Å². The van der Waals surface area contributed by atoms with Crippen LogP contribution in [0.3, 0.4) is 0 Å². The van der Waals surface area contributed by atoms with Crippen LogP contribution in [0.1, 0.15) is 59.8 Å². The average Bonchev–Trinajstić information content (AvgIpc) is 1.96. The van der Waals surface area contributed by atoms with Gasteiger partial charge in [0.1, 0.15) is 0 Å². The van der Waals surface area contributed by atoms with Gasteiger partial charge in [0.25, 0.3) is 0 Å². The van der Waals surface area contributed by atoms with Crippen LogP contribution in [0.4, 0.5) is 0 Å². The molecule has 1 atom stereocenters. The molecule has 1 aliphatic carbocycles. The van der Waals surface area contributed by atoms with Crippen molar-refractivity contribution in [3.8, 4) is 0 Å². The molecule has 0 nitrogen and oxygen atoms in total. The lowest BCUT2D eigenvalue weighted by Crippen LogP contribution is -2.26. The fourth-order valence-electron chi connectivity index (χ4n) is 1.94. The first-order valence-electron chi connectivity index (χ1n) is 5.53. The maximum Gasteiger partial charge on any atom is -0.0326 e. The van der Waals surface area contributed by atoms with Crippen molar-refractivity contribution < 1.29 is 0 Å². The molecule has 0 radical (unpaired) electrons. The van der Waals surface area contributed by atoms with Gasteiger partial charge >= 0.3 is 0 Å². The first kappa shape index (κ1) is 10.1. The van der Waals surface area contributed by atoms with E-state index in [9.17, 15) is 0 Å². The van der Waals surface area contributed by atoms with Gasteiger partial charge in [-0.05, 0) is 42.9 Å². The molecular weight excluding hydrogens is 144 g/mol. The van der Waals surface area contributed by atoms with Gasteiger partial charge in [-0.25, -0.2) is 0 Å². The molecule has 0 amide bonds. The van der Waals surface area contributed by atoms with E-state index in [0.717, 1.165) is 17.3 Å². The Morgan fingerprint density at radius 2 is 1.75 bits per heavy atom. The van der Waals surface area contributed by atoms with Crippen molar-refractivity contribution in [3.63, 3.8) is 0 Å². The van der Waals surface area contributed by atoms with Crippen LogP contribution in [-0.2, 0) is 0 Å². The summed E-state index contributed by atoms with van der Waals surface area (Å²) in [6, 6.07) is 0. The number of hydrogen-bond donors (Lipinski definition) is 0. The Morgan fingerprint density at radius 3 is 2.08 bits per heavy atom. The summed E-state index contributed by atoms with van der Waals surface area (Å²) >= 11 is 0. The molecular formula is C12H24. The minimum absolute atomic E-state index is 0.739. The molecule has 1 unspecified atom stereocenters. The molecule has 1 aliphatic rings. The fraction of sp³-hybridized carbons (Fsp3) is 1.00. The Kier molecular flexibility index (Phi) is 3.20. The van der Waals surface area contributed by atoms with Crippen LogP contribution in [0, 0.1) is 17.3 Å². The summed E-state index contributed by atoms with van der Waals surface area (Å²) in [7, 11) is 0. The zero-order valence-electron chi connectivity index (χ0n) is 9.19. The molecule has 0 heteroatoms. The molecule has 0 aliphatic heterocycles. The highest BCUT2D eigenvalue weighted by Gasteiger charge is 2.31. The van der Waals surface area contributed by atoms with E-state index < -0.39 is 0 Å². The molecule has 0 saturated heterocycles. The van der Waals surface area contributed by atoms with E-state index in [0.29, 0.717) is 0 Å². The maximum atomic E-state index is 2.46. The molecule has 1 rings (SSSR count). The van der Waals surface area contributed by atoms with Crippen molar-refractivity contribution in [2.75, 3.05) is 0 Å². The van der Waals surface area contributed by atoms with Crippen LogP contribution in [0.5, 0.6) is 0 Å². The lowest BCUT2D eigenvalue weighted by molar-refractivity contribution is 0.129. The van der Waals surface area contributed by atoms with Crippen molar-refractivity contribution in [1.82, 2.24) is 0 Å². The smallest absolute Gasteiger partial charge is 0.0326 e. The van der Waals surface area contributed by atoms with Gasteiger partial charge in [0, 0.05) is 0 Å². The van der Waals surface area contributed by atoms with Crippen LogP contribution in [0.15, 0.2) is 0 Å². The third kappa shape index (κ3) is 2.50. The Balaban J connectivity index is 2.16. The summed E-state index contributed by atoms with van der Waals surface area (Å²) in [5, 5.41) is 0. The fourth-order valence-corrected chi connectivity index (χ4v) is 1.94. The maximum absolute atomic E-state index is 2.46. The standard InChI is InChI=1S/C12H24/c1-10(2)11(3)6-9-12(4)7-5-8-12/h10-11H,5-9H2,1-4H3. The van der Waals surface area contributed by atoms with Crippen molar-refractivity contribution in [2.24, 2.45) is 17.3 Å². The second kappa shape index (κ2) is 3.81. The van der Waals surface area contributed by atoms with E-state index in [2.05, 4.69) is 27.7 Å². The first-order chi connectivity index (χ1) is 5.53. The highest BCUT2D eigenvalue weighted by atomic mass is 14.4. The van der Waals surface area contributed by atoms with E-state index in [4.69, 9.17) is 0 Å². The molecule has 0 aromatic carbocycles. The molecule has 1 fully saturated rings. The predicted molar refractivity (Wildman–Crippen MR) is 55.2 cm³/mol.